The predicted molar refractivity (Wildman–Crippen MR) is 77.2 cm³/mol. The average Bonchev–Trinajstić information content (AvgIpc) is 2.38. The second kappa shape index (κ2) is 5.71. The smallest absolute Gasteiger partial charge is 0.273 e. The van der Waals surface area contributed by atoms with Gasteiger partial charge in [-0.15, -0.1) is 0 Å². The number of carbonyl (C=O) groups is 1. The van der Waals surface area contributed by atoms with E-state index >= 15 is 0 Å². The van der Waals surface area contributed by atoms with Crippen LogP contribution in [-0.2, 0) is 0 Å². The summed E-state index contributed by atoms with van der Waals surface area (Å²) in [5.41, 5.74) is 1.19. The molecule has 0 aliphatic heterocycles. The van der Waals surface area contributed by atoms with Crippen molar-refractivity contribution in [3.05, 3.63) is 68.7 Å². The van der Waals surface area contributed by atoms with E-state index in [4.69, 9.17) is 11.6 Å². The number of nitro benzene ring substituents is 1. The molecule has 0 aromatic heterocycles. The quantitative estimate of drug-likeness (QED) is 0.690. The van der Waals surface area contributed by atoms with Crippen LogP contribution in [0.2, 0.25) is 5.02 Å². The maximum atomic E-state index is 12.0. The normalized spacial score (nSPS) is 10.1. The lowest BCUT2D eigenvalue weighted by Gasteiger charge is -2.06. The lowest BCUT2D eigenvalue weighted by molar-refractivity contribution is -0.385. The molecule has 0 bridgehead atoms. The number of hydrogen-bond donors (Lipinski definition) is 1. The van der Waals surface area contributed by atoms with Gasteiger partial charge in [0.2, 0.25) is 0 Å². The second-order valence-corrected chi connectivity index (χ2v) is 4.66. The van der Waals surface area contributed by atoms with Crippen LogP contribution in [0.4, 0.5) is 11.4 Å². The summed E-state index contributed by atoms with van der Waals surface area (Å²) in [5.74, 6) is -0.421. The highest BCUT2D eigenvalue weighted by Gasteiger charge is 2.15. The molecule has 0 aliphatic rings. The summed E-state index contributed by atoms with van der Waals surface area (Å²) >= 11 is 5.82. The summed E-state index contributed by atoms with van der Waals surface area (Å²) in [7, 11) is 0. The number of anilines is 1. The van der Waals surface area contributed by atoms with Gasteiger partial charge in [-0.2, -0.15) is 0 Å². The Morgan fingerprint density at radius 3 is 2.65 bits per heavy atom. The molecule has 0 fully saturated rings. The molecule has 6 heteroatoms. The van der Waals surface area contributed by atoms with Gasteiger partial charge in [-0.05, 0) is 31.2 Å². The van der Waals surface area contributed by atoms with E-state index in [1.54, 1.807) is 43.3 Å². The molecule has 0 heterocycles. The first-order chi connectivity index (χ1) is 9.47. The number of rotatable bonds is 3. The molecule has 0 saturated carbocycles. The zero-order chi connectivity index (χ0) is 14.7. The molecule has 2 rings (SSSR count). The minimum atomic E-state index is -0.508. The highest BCUT2D eigenvalue weighted by molar-refractivity contribution is 6.30. The van der Waals surface area contributed by atoms with Crippen molar-refractivity contribution in [1.29, 1.82) is 0 Å². The predicted octanol–water partition coefficient (Wildman–Crippen LogP) is 3.81. The van der Waals surface area contributed by atoms with E-state index in [9.17, 15) is 14.9 Å². The highest BCUT2D eigenvalue weighted by Crippen LogP contribution is 2.21. The molecule has 0 radical (unpaired) electrons. The van der Waals surface area contributed by atoms with Gasteiger partial charge in [-0.25, -0.2) is 0 Å². The first-order valence-electron chi connectivity index (χ1n) is 5.79. The Kier molecular flexibility index (Phi) is 4.00. The van der Waals surface area contributed by atoms with Crippen molar-refractivity contribution < 1.29 is 9.72 Å². The van der Waals surface area contributed by atoms with E-state index < -0.39 is 10.8 Å². The summed E-state index contributed by atoms with van der Waals surface area (Å²) in [6.45, 7) is 1.62. The van der Waals surface area contributed by atoms with E-state index in [1.807, 2.05) is 0 Å². The number of hydrogen-bond acceptors (Lipinski definition) is 3. The molecular weight excluding hydrogens is 280 g/mol. The molecule has 1 amide bonds. The lowest BCUT2D eigenvalue weighted by Crippen LogP contribution is -2.12. The van der Waals surface area contributed by atoms with Crippen LogP contribution in [0.3, 0.4) is 0 Å². The summed E-state index contributed by atoms with van der Waals surface area (Å²) in [6, 6.07) is 11.0. The van der Waals surface area contributed by atoms with Crippen molar-refractivity contribution in [2.24, 2.45) is 0 Å². The Bertz CT molecular complexity index is 686. The van der Waals surface area contributed by atoms with Crippen LogP contribution in [0.15, 0.2) is 42.5 Å². The highest BCUT2D eigenvalue weighted by atomic mass is 35.5. The summed E-state index contributed by atoms with van der Waals surface area (Å²) in [6.07, 6.45) is 0. The third kappa shape index (κ3) is 3.13. The van der Waals surface area contributed by atoms with Crippen molar-refractivity contribution in [1.82, 2.24) is 0 Å². The molecule has 0 atom stereocenters. The summed E-state index contributed by atoms with van der Waals surface area (Å²) in [5, 5.41) is 14.0. The van der Waals surface area contributed by atoms with Crippen LogP contribution in [0, 0.1) is 17.0 Å². The zero-order valence-corrected chi connectivity index (χ0v) is 11.3. The van der Waals surface area contributed by atoms with E-state index in [2.05, 4.69) is 5.32 Å². The van der Waals surface area contributed by atoms with Gasteiger partial charge in [0.25, 0.3) is 11.6 Å². The van der Waals surface area contributed by atoms with Crippen molar-refractivity contribution in [2.45, 2.75) is 6.92 Å². The number of aryl methyl sites for hydroxylation is 1. The Labute approximate surface area is 120 Å². The molecule has 5 nitrogen and oxygen atoms in total. The number of benzene rings is 2. The first kappa shape index (κ1) is 14.0. The molecule has 1 N–H and O–H groups in total. The fourth-order valence-corrected chi connectivity index (χ4v) is 1.91. The molecule has 0 saturated heterocycles. The van der Waals surface area contributed by atoms with Gasteiger partial charge >= 0.3 is 0 Å². The van der Waals surface area contributed by atoms with Gasteiger partial charge in [-0.1, -0.05) is 23.7 Å². The molecule has 2 aromatic carbocycles. The van der Waals surface area contributed by atoms with Gasteiger partial charge in [0.05, 0.1) is 4.92 Å². The van der Waals surface area contributed by atoms with Crippen LogP contribution < -0.4 is 5.32 Å². The zero-order valence-electron chi connectivity index (χ0n) is 10.6. The number of amides is 1. The van der Waals surface area contributed by atoms with Crippen LogP contribution in [-0.4, -0.2) is 10.8 Å². The molecule has 0 spiro atoms. The minimum absolute atomic E-state index is 0.0799. The van der Waals surface area contributed by atoms with Crippen LogP contribution in [0.5, 0.6) is 0 Å². The van der Waals surface area contributed by atoms with E-state index in [0.29, 0.717) is 16.3 Å². The summed E-state index contributed by atoms with van der Waals surface area (Å²) in [4.78, 5) is 22.4. The number of halogens is 1. The van der Waals surface area contributed by atoms with E-state index in [-0.39, 0.29) is 11.3 Å². The maximum absolute atomic E-state index is 12.0. The maximum Gasteiger partial charge on any atom is 0.273 e. The van der Waals surface area contributed by atoms with Gasteiger partial charge in [0.1, 0.15) is 0 Å². The molecule has 0 unspecified atom stereocenters. The third-order valence-corrected chi connectivity index (χ3v) is 2.99. The fraction of sp³-hybridized carbons (Fsp3) is 0.0714. The number of carbonyl (C=O) groups excluding carboxylic acids is 1. The second-order valence-electron chi connectivity index (χ2n) is 4.22. The number of nitrogens with zero attached hydrogens (tertiary/aromatic N) is 1. The van der Waals surface area contributed by atoms with Crippen LogP contribution in [0.25, 0.3) is 0 Å². The van der Waals surface area contributed by atoms with Gasteiger partial charge < -0.3 is 5.32 Å². The topological polar surface area (TPSA) is 72.2 Å². The van der Waals surface area contributed by atoms with Crippen molar-refractivity contribution in [3.8, 4) is 0 Å². The first-order valence-corrected chi connectivity index (χ1v) is 6.17. The van der Waals surface area contributed by atoms with Crippen molar-refractivity contribution >= 4 is 28.9 Å². The van der Waals surface area contributed by atoms with Crippen molar-refractivity contribution in [2.75, 3.05) is 5.32 Å². The summed E-state index contributed by atoms with van der Waals surface area (Å²) < 4.78 is 0. The van der Waals surface area contributed by atoms with Crippen LogP contribution >= 0.6 is 11.6 Å². The third-order valence-electron chi connectivity index (χ3n) is 2.75. The Hall–Kier alpha value is -2.40. The molecule has 20 heavy (non-hydrogen) atoms. The van der Waals surface area contributed by atoms with Crippen LogP contribution in [0.1, 0.15) is 15.9 Å². The van der Waals surface area contributed by atoms with E-state index in [0.717, 1.165) is 0 Å². The lowest BCUT2D eigenvalue weighted by atomic mass is 10.1. The molecule has 0 aliphatic carbocycles. The fourth-order valence-electron chi connectivity index (χ4n) is 1.72. The Morgan fingerprint density at radius 1 is 1.25 bits per heavy atom. The van der Waals surface area contributed by atoms with Gasteiger partial charge in [0, 0.05) is 27.9 Å². The number of nitrogens with one attached hydrogen (secondary N) is 1. The standard InChI is InChI=1S/C14H11ClN2O3/c1-9-5-6-10(7-13(9)17(19)20)14(18)16-12-4-2-3-11(15)8-12/h2-8H,1H3,(H,16,18). The molecular formula is C14H11ClN2O3. The van der Waals surface area contributed by atoms with Gasteiger partial charge in [-0.3, -0.25) is 14.9 Å². The average molecular weight is 291 g/mol. The molecule has 2 aromatic rings. The minimum Gasteiger partial charge on any atom is -0.322 e. The van der Waals surface area contributed by atoms with E-state index in [1.165, 1.54) is 6.07 Å². The Morgan fingerprint density at radius 2 is 2.00 bits per heavy atom. The largest absolute Gasteiger partial charge is 0.322 e. The van der Waals surface area contributed by atoms with Crippen molar-refractivity contribution in [3.63, 3.8) is 0 Å². The Balaban J connectivity index is 2.26. The molecule has 102 valence electrons. The van der Waals surface area contributed by atoms with Gasteiger partial charge in [0.15, 0.2) is 0 Å². The monoisotopic (exact) mass is 290 g/mol. The number of nitro groups is 1. The SMILES string of the molecule is Cc1ccc(C(=O)Nc2cccc(Cl)c2)cc1[N+](=O)[O-].